The minimum absolute atomic E-state index is 0.127. The molecule has 9 heteroatoms. The quantitative estimate of drug-likeness (QED) is 0.528. The Labute approximate surface area is 189 Å². The Morgan fingerprint density at radius 2 is 1.94 bits per heavy atom. The molecule has 2 heterocycles. The normalized spacial score (nSPS) is 14.6. The van der Waals surface area contributed by atoms with Crippen LogP contribution in [0.15, 0.2) is 53.7 Å². The fourth-order valence-electron chi connectivity index (χ4n) is 3.45. The number of rotatable bonds is 7. The largest absolute Gasteiger partial charge is 0.351 e. The second-order valence-electron chi connectivity index (χ2n) is 7.40. The van der Waals surface area contributed by atoms with E-state index in [-0.39, 0.29) is 11.7 Å². The van der Waals surface area contributed by atoms with E-state index in [0.717, 1.165) is 43.1 Å². The van der Waals surface area contributed by atoms with Crippen molar-refractivity contribution >= 4 is 35.2 Å². The van der Waals surface area contributed by atoms with Crippen LogP contribution in [0, 0.1) is 5.82 Å². The topological polar surface area (TPSA) is 63.1 Å². The van der Waals surface area contributed by atoms with Gasteiger partial charge in [-0.25, -0.2) is 4.39 Å². The molecule has 162 valence electrons. The first-order chi connectivity index (χ1) is 15.0. The first kappa shape index (κ1) is 21.6. The standard InChI is InChI=1S/C22H23ClFN5OS/c1-15(20(30)25-14-16-7-9-18(24)10-8-16)31-22-27-26-21(28-11-2-3-12-28)29(22)19-6-4-5-17(23)13-19/h4-10,13,15H,2-3,11-12,14H2,1H3,(H,25,30). The van der Waals surface area contributed by atoms with Crippen molar-refractivity contribution in [1.82, 2.24) is 20.1 Å². The Bertz CT molecular complexity index is 1050. The van der Waals surface area contributed by atoms with E-state index in [1.165, 1.54) is 23.9 Å². The zero-order valence-corrected chi connectivity index (χ0v) is 18.7. The van der Waals surface area contributed by atoms with Gasteiger partial charge in [0.15, 0.2) is 5.16 Å². The van der Waals surface area contributed by atoms with Crippen LogP contribution in [0.4, 0.5) is 10.3 Å². The van der Waals surface area contributed by atoms with Crippen molar-refractivity contribution in [3.8, 4) is 5.69 Å². The molecule has 1 aromatic heterocycles. The molecule has 1 amide bonds. The van der Waals surface area contributed by atoms with E-state index in [1.807, 2.05) is 35.8 Å². The third kappa shape index (κ3) is 5.19. The summed E-state index contributed by atoms with van der Waals surface area (Å²) in [5.41, 5.74) is 1.70. The van der Waals surface area contributed by atoms with Gasteiger partial charge in [0.2, 0.25) is 11.9 Å². The molecule has 1 N–H and O–H groups in total. The molecule has 4 rings (SSSR count). The van der Waals surface area contributed by atoms with Crippen LogP contribution in [0.3, 0.4) is 0 Å². The molecule has 0 bridgehead atoms. The van der Waals surface area contributed by atoms with Crippen LogP contribution in [0.5, 0.6) is 0 Å². The summed E-state index contributed by atoms with van der Waals surface area (Å²) in [7, 11) is 0. The maximum atomic E-state index is 13.1. The average Bonchev–Trinajstić information content (AvgIpc) is 3.43. The van der Waals surface area contributed by atoms with Crippen LogP contribution in [0.2, 0.25) is 5.02 Å². The fourth-order valence-corrected chi connectivity index (χ4v) is 4.52. The molecule has 3 aromatic rings. The van der Waals surface area contributed by atoms with Gasteiger partial charge < -0.3 is 10.2 Å². The number of carbonyl (C=O) groups is 1. The maximum absolute atomic E-state index is 13.1. The molecule has 0 aliphatic carbocycles. The number of nitrogens with zero attached hydrogens (tertiary/aromatic N) is 4. The molecular formula is C22H23ClFN5OS. The van der Waals surface area contributed by atoms with Crippen molar-refractivity contribution in [2.24, 2.45) is 0 Å². The smallest absolute Gasteiger partial charge is 0.233 e. The number of halogens is 2. The second kappa shape index (κ2) is 9.70. The molecule has 0 radical (unpaired) electrons. The number of carbonyl (C=O) groups excluding carboxylic acids is 1. The Kier molecular flexibility index (Phi) is 6.77. The molecule has 1 atom stereocenters. The Balaban J connectivity index is 1.51. The number of thioether (sulfide) groups is 1. The Hall–Kier alpha value is -2.58. The summed E-state index contributed by atoms with van der Waals surface area (Å²) in [5.74, 6) is 0.340. The van der Waals surface area contributed by atoms with Gasteiger partial charge in [0, 0.05) is 24.7 Å². The summed E-state index contributed by atoms with van der Waals surface area (Å²) < 4.78 is 15.0. The van der Waals surface area contributed by atoms with Crippen molar-refractivity contribution in [1.29, 1.82) is 0 Å². The fraction of sp³-hybridized carbons (Fsp3) is 0.318. The summed E-state index contributed by atoms with van der Waals surface area (Å²) >= 11 is 7.57. The van der Waals surface area contributed by atoms with Gasteiger partial charge in [-0.15, -0.1) is 10.2 Å². The van der Waals surface area contributed by atoms with E-state index in [4.69, 9.17) is 11.6 Å². The van der Waals surface area contributed by atoms with Crippen molar-refractivity contribution in [2.45, 2.75) is 36.7 Å². The summed E-state index contributed by atoms with van der Waals surface area (Å²) in [4.78, 5) is 14.9. The lowest BCUT2D eigenvalue weighted by molar-refractivity contribution is -0.120. The molecule has 1 fully saturated rings. The highest BCUT2D eigenvalue weighted by Crippen LogP contribution is 2.31. The molecule has 31 heavy (non-hydrogen) atoms. The highest BCUT2D eigenvalue weighted by atomic mass is 35.5. The van der Waals surface area contributed by atoms with E-state index in [2.05, 4.69) is 20.4 Å². The summed E-state index contributed by atoms with van der Waals surface area (Å²) in [5, 5.41) is 12.6. The van der Waals surface area contributed by atoms with Gasteiger partial charge in [0.25, 0.3) is 0 Å². The van der Waals surface area contributed by atoms with Crippen molar-refractivity contribution < 1.29 is 9.18 Å². The first-order valence-corrected chi connectivity index (χ1v) is 11.4. The third-order valence-electron chi connectivity index (χ3n) is 5.10. The van der Waals surface area contributed by atoms with Crippen LogP contribution in [0.25, 0.3) is 5.69 Å². The molecule has 0 spiro atoms. The zero-order chi connectivity index (χ0) is 21.8. The van der Waals surface area contributed by atoms with Crippen LogP contribution in [-0.2, 0) is 11.3 Å². The van der Waals surface area contributed by atoms with Gasteiger partial charge in [-0.2, -0.15) is 0 Å². The van der Waals surface area contributed by atoms with Crippen LogP contribution < -0.4 is 10.2 Å². The second-order valence-corrected chi connectivity index (χ2v) is 9.14. The lowest BCUT2D eigenvalue weighted by Crippen LogP contribution is -2.30. The molecule has 1 aliphatic rings. The van der Waals surface area contributed by atoms with Gasteiger partial charge >= 0.3 is 0 Å². The molecule has 0 saturated carbocycles. The number of hydrogen-bond acceptors (Lipinski definition) is 5. The predicted octanol–water partition coefficient (Wildman–Crippen LogP) is 4.46. The Morgan fingerprint density at radius 3 is 2.65 bits per heavy atom. The third-order valence-corrected chi connectivity index (χ3v) is 6.38. The van der Waals surface area contributed by atoms with Crippen LogP contribution >= 0.6 is 23.4 Å². The van der Waals surface area contributed by atoms with E-state index >= 15 is 0 Å². The minimum Gasteiger partial charge on any atom is -0.351 e. The molecule has 6 nitrogen and oxygen atoms in total. The molecule has 2 aromatic carbocycles. The van der Waals surface area contributed by atoms with E-state index < -0.39 is 5.25 Å². The van der Waals surface area contributed by atoms with Gasteiger partial charge in [-0.1, -0.05) is 41.6 Å². The lowest BCUT2D eigenvalue weighted by Gasteiger charge is -2.19. The van der Waals surface area contributed by atoms with Crippen LogP contribution in [0.1, 0.15) is 25.3 Å². The molecule has 1 unspecified atom stereocenters. The van der Waals surface area contributed by atoms with Crippen molar-refractivity contribution in [3.05, 3.63) is 64.9 Å². The number of nitrogens with one attached hydrogen (secondary N) is 1. The molecule has 1 aliphatic heterocycles. The van der Waals surface area contributed by atoms with Gasteiger partial charge in [-0.3, -0.25) is 9.36 Å². The maximum Gasteiger partial charge on any atom is 0.233 e. The summed E-state index contributed by atoms with van der Waals surface area (Å²) in [6.07, 6.45) is 2.24. The van der Waals surface area contributed by atoms with Gasteiger partial charge in [-0.05, 0) is 55.7 Å². The summed E-state index contributed by atoms with van der Waals surface area (Å²) in [6, 6.07) is 13.6. The van der Waals surface area contributed by atoms with E-state index in [9.17, 15) is 9.18 Å². The predicted molar refractivity (Wildman–Crippen MR) is 121 cm³/mol. The first-order valence-electron chi connectivity index (χ1n) is 10.2. The SMILES string of the molecule is CC(Sc1nnc(N2CCCC2)n1-c1cccc(Cl)c1)C(=O)NCc1ccc(F)cc1. The number of aromatic nitrogens is 3. The van der Waals surface area contributed by atoms with E-state index in [1.54, 1.807) is 12.1 Å². The Morgan fingerprint density at radius 1 is 1.19 bits per heavy atom. The molecular weight excluding hydrogens is 437 g/mol. The number of benzene rings is 2. The van der Waals surface area contributed by atoms with Crippen molar-refractivity contribution in [3.63, 3.8) is 0 Å². The lowest BCUT2D eigenvalue weighted by atomic mass is 10.2. The van der Waals surface area contributed by atoms with E-state index in [0.29, 0.717) is 16.7 Å². The van der Waals surface area contributed by atoms with Gasteiger partial charge in [0.1, 0.15) is 5.82 Å². The highest BCUT2D eigenvalue weighted by molar-refractivity contribution is 8.00. The number of amides is 1. The minimum atomic E-state index is -0.394. The van der Waals surface area contributed by atoms with Gasteiger partial charge in [0.05, 0.1) is 10.9 Å². The number of hydrogen-bond donors (Lipinski definition) is 1. The monoisotopic (exact) mass is 459 g/mol. The van der Waals surface area contributed by atoms with Crippen LogP contribution in [-0.4, -0.2) is 39.0 Å². The summed E-state index contributed by atoms with van der Waals surface area (Å²) in [6.45, 7) is 4.02. The number of anilines is 1. The van der Waals surface area contributed by atoms with Crippen molar-refractivity contribution in [2.75, 3.05) is 18.0 Å². The average molecular weight is 460 g/mol. The zero-order valence-electron chi connectivity index (χ0n) is 17.1. The highest BCUT2D eigenvalue weighted by Gasteiger charge is 2.25. The molecule has 1 saturated heterocycles.